The van der Waals surface area contributed by atoms with Gasteiger partial charge in [0.1, 0.15) is 7.05 Å². The van der Waals surface area contributed by atoms with Crippen LogP contribution in [0.1, 0.15) is 44.4 Å². The molecule has 0 spiro atoms. The first-order valence-corrected chi connectivity index (χ1v) is 18.9. The van der Waals surface area contributed by atoms with Gasteiger partial charge in [0.05, 0.1) is 19.0 Å². The first-order chi connectivity index (χ1) is 18.5. The van der Waals surface area contributed by atoms with Crippen molar-refractivity contribution in [1.82, 2.24) is 0 Å². The lowest BCUT2D eigenvalue weighted by atomic mass is 9.86. The fourth-order valence-electron chi connectivity index (χ4n) is 6.78. The van der Waals surface area contributed by atoms with Crippen molar-refractivity contribution in [1.29, 1.82) is 0 Å². The van der Waals surface area contributed by atoms with Gasteiger partial charge in [-0.15, -0.1) is 0 Å². The van der Waals surface area contributed by atoms with Crippen molar-refractivity contribution in [3.63, 3.8) is 0 Å². The molecule has 0 fully saturated rings. The third kappa shape index (κ3) is 4.33. The van der Waals surface area contributed by atoms with Crippen molar-refractivity contribution in [3.8, 4) is 11.3 Å². The van der Waals surface area contributed by atoms with E-state index in [2.05, 4.69) is 121 Å². The summed E-state index contributed by atoms with van der Waals surface area (Å²) < 4.78 is 2.39. The van der Waals surface area contributed by atoms with Crippen molar-refractivity contribution < 1.29 is 4.57 Å². The van der Waals surface area contributed by atoms with Crippen molar-refractivity contribution in [2.45, 2.75) is 76.9 Å². The van der Waals surface area contributed by atoms with Crippen LogP contribution in [0.4, 0.5) is 0 Å². The van der Waals surface area contributed by atoms with Crippen molar-refractivity contribution in [3.05, 3.63) is 71.4 Å². The van der Waals surface area contributed by atoms with E-state index in [0.717, 1.165) is 12.8 Å². The Morgan fingerprint density at radius 3 is 2.26 bits per heavy atom. The standard InChI is InChI=1S/C36H42NSSi/c1-21(2)17-24-13-14-26-28(19-24)23(5)32-35-34-27(15-16-37(35)6)33-25(11-10-12-31(33)39(7,8)9)20-30(34)38-36(32)29(26)18-22(3)4/h10-16,19-22H,17-18H2,1-9H3/q+1. The maximum absolute atomic E-state index is 2.50. The van der Waals surface area contributed by atoms with Gasteiger partial charge in [-0.1, -0.05) is 101 Å². The second-order valence-electron chi connectivity index (χ2n) is 13.6. The monoisotopic (exact) mass is 548 g/mol. The Bertz CT molecular complexity index is 1790. The fourth-order valence-corrected chi connectivity index (χ4v) is 9.79. The summed E-state index contributed by atoms with van der Waals surface area (Å²) >= 11 is 2.02. The van der Waals surface area contributed by atoms with Gasteiger partial charge in [-0.05, 0) is 75.9 Å². The SMILES string of the molecule is Cc1c2c(c(CC(C)C)c3ccc(CC(C)C)cc13)Sc1cc3cccc([Si](C)(C)C)c3c3cc[n+](C)c-2c13. The number of hydrogen-bond acceptors (Lipinski definition) is 1. The van der Waals surface area contributed by atoms with Gasteiger partial charge in [-0.2, -0.15) is 0 Å². The molecular formula is C36H42NSSi+. The average molecular weight is 549 g/mol. The number of aryl methyl sites for hydroxylation is 2. The molecule has 0 unspecified atom stereocenters. The second-order valence-corrected chi connectivity index (χ2v) is 19.7. The maximum atomic E-state index is 2.50. The molecule has 0 atom stereocenters. The number of pyridine rings is 1. The highest BCUT2D eigenvalue weighted by atomic mass is 32.2. The molecule has 0 N–H and O–H groups in total. The first-order valence-electron chi connectivity index (χ1n) is 14.6. The van der Waals surface area contributed by atoms with Crippen LogP contribution in [0.3, 0.4) is 0 Å². The van der Waals surface area contributed by atoms with E-state index in [1.807, 2.05) is 11.8 Å². The zero-order chi connectivity index (χ0) is 27.8. The molecule has 1 aromatic heterocycles. The smallest absolute Gasteiger partial charge is 0.200 e. The van der Waals surface area contributed by atoms with Gasteiger partial charge in [0.25, 0.3) is 0 Å². The van der Waals surface area contributed by atoms with Crippen LogP contribution in [-0.4, -0.2) is 8.07 Å². The lowest BCUT2D eigenvalue weighted by molar-refractivity contribution is -0.659. The van der Waals surface area contributed by atoms with Crippen LogP contribution >= 0.6 is 11.8 Å². The topological polar surface area (TPSA) is 3.88 Å². The Kier molecular flexibility index (Phi) is 6.47. The highest BCUT2D eigenvalue weighted by molar-refractivity contribution is 8.00. The van der Waals surface area contributed by atoms with Gasteiger partial charge < -0.3 is 0 Å². The summed E-state index contributed by atoms with van der Waals surface area (Å²) in [5.41, 5.74) is 7.25. The van der Waals surface area contributed by atoms with Crippen LogP contribution < -0.4 is 9.75 Å². The molecule has 0 saturated heterocycles. The molecule has 3 heteroatoms. The number of rotatable bonds is 5. The molecule has 200 valence electrons. The molecule has 0 radical (unpaired) electrons. The molecule has 0 aliphatic carbocycles. The van der Waals surface area contributed by atoms with E-state index in [-0.39, 0.29) is 0 Å². The van der Waals surface area contributed by atoms with Crippen LogP contribution in [0.25, 0.3) is 43.6 Å². The summed E-state index contributed by atoms with van der Waals surface area (Å²) in [4.78, 5) is 2.88. The predicted octanol–water partition coefficient (Wildman–Crippen LogP) is 9.35. The van der Waals surface area contributed by atoms with Gasteiger partial charge in [-0.25, -0.2) is 4.57 Å². The van der Waals surface area contributed by atoms with E-state index >= 15 is 0 Å². The molecule has 39 heavy (non-hydrogen) atoms. The van der Waals surface area contributed by atoms with Gasteiger partial charge in [0.2, 0.25) is 5.69 Å². The molecule has 5 aromatic rings. The Hall–Kier alpha value is -2.62. The minimum atomic E-state index is -1.54. The van der Waals surface area contributed by atoms with Crippen molar-refractivity contribution >= 4 is 57.3 Å². The van der Waals surface area contributed by atoms with E-state index in [9.17, 15) is 0 Å². The van der Waals surface area contributed by atoms with Crippen molar-refractivity contribution in [2.75, 3.05) is 0 Å². The van der Waals surface area contributed by atoms with Crippen LogP contribution in [0.5, 0.6) is 0 Å². The summed E-state index contributed by atoms with van der Waals surface area (Å²) in [6, 6.07) is 19.2. The minimum absolute atomic E-state index is 0.595. The van der Waals surface area contributed by atoms with Crippen LogP contribution in [0, 0.1) is 18.8 Å². The summed E-state index contributed by atoms with van der Waals surface area (Å²) in [5, 5.41) is 10.2. The maximum Gasteiger partial charge on any atom is 0.222 e. The molecule has 1 aliphatic heterocycles. The van der Waals surface area contributed by atoms with Gasteiger partial charge >= 0.3 is 0 Å². The number of hydrogen-bond donors (Lipinski definition) is 0. The number of nitrogens with zero attached hydrogens (tertiary/aromatic N) is 1. The zero-order valence-corrected chi connectivity index (χ0v) is 26.9. The molecular weight excluding hydrogens is 507 g/mol. The van der Waals surface area contributed by atoms with E-state index in [0.29, 0.717) is 11.8 Å². The highest BCUT2D eigenvalue weighted by Gasteiger charge is 2.33. The van der Waals surface area contributed by atoms with Crippen LogP contribution in [0.15, 0.2) is 64.5 Å². The largest absolute Gasteiger partial charge is 0.222 e. The third-order valence-electron chi connectivity index (χ3n) is 8.43. The van der Waals surface area contributed by atoms with Crippen LogP contribution in [0.2, 0.25) is 19.6 Å². The predicted molar refractivity (Wildman–Crippen MR) is 174 cm³/mol. The molecule has 1 nitrogen and oxygen atoms in total. The van der Waals surface area contributed by atoms with E-state index < -0.39 is 8.07 Å². The Morgan fingerprint density at radius 2 is 1.56 bits per heavy atom. The molecule has 0 bridgehead atoms. The van der Waals surface area contributed by atoms with E-state index in [1.165, 1.54) is 70.1 Å². The van der Waals surface area contributed by atoms with E-state index in [4.69, 9.17) is 0 Å². The van der Waals surface area contributed by atoms with Gasteiger partial charge in [0.15, 0.2) is 6.20 Å². The molecule has 0 saturated carbocycles. The third-order valence-corrected chi connectivity index (χ3v) is 11.7. The highest BCUT2D eigenvalue weighted by Crippen LogP contribution is 2.53. The number of benzene rings is 4. The molecule has 4 aromatic carbocycles. The first kappa shape index (κ1) is 26.6. The molecule has 0 amide bonds. The van der Waals surface area contributed by atoms with Crippen molar-refractivity contribution in [2.24, 2.45) is 18.9 Å². The zero-order valence-electron chi connectivity index (χ0n) is 25.1. The lowest BCUT2D eigenvalue weighted by Crippen LogP contribution is -2.38. The average Bonchev–Trinajstić information content (AvgIpc) is 2.86. The fraction of sp³-hybridized carbons (Fsp3) is 0.361. The molecule has 6 rings (SSSR count). The summed E-state index contributed by atoms with van der Waals surface area (Å²) in [5.74, 6) is 1.25. The Morgan fingerprint density at radius 1 is 0.821 bits per heavy atom. The van der Waals surface area contributed by atoms with Gasteiger partial charge in [-0.3, -0.25) is 0 Å². The van der Waals surface area contributed by atoms with Crippen LogP contribution in [-0.2, 0) is 19.9 Å². The quantitative estimate of drug-likeness (QED) is 0.118. The Balaban J connectivity index is 1.77. The summed E-state index contributed by atoms with van der Waals surface area (Å²) in [7, 11) is 0.709. The van der Waals surface area contributed by atoms with E-state index in [1.54, 1.807) is 5.19 Å². The second kappa shape index (κ2) is 9.49. The molecule has 1 aliphatic rings. The number of fused-ring (bicyclic) bond motifs is 5. The summed E-state index contributed by atoms with van der Waals surface area (Å²) in [6.45, 7) is 19.2. The Labute approximate surface area is 239 Å². The van der Waals surface area contributed by atoms with Gasteiger partial charge in [0, 0.05) is 21.2 Å². The molecule has 2 heterocycles. The normalized spacial score (nSPS) is 13.3. The lowest BCUT2D eigenvalue weighted by Gasteiger charge is -2.27. The summed E-state index contributed by atoms with van der Waals surface area (Å²) in [6.07, 6.45) is 4.53. The minimum Gasteiger partial charge on any atom is -0.200 e. The number of aromatic nitrogens is 1.